The van der Waals surface area contributed by atoms with Crippen molar-refractivity contribution in [3.05, 3.63) is 0 Å². The predicted molar refractivity (Wildman–Crippen MR) is 68.4 cm³/mol. The van der Waals surface area contributed by atoms with Crippen molar-refractivity contribution in [3.63, 3.8) is 0 Å². The summed E-state index contributed by atoms with van der Waals surface area (Å²) in [5.74, 6) is -0.0802. The summed E-state index contributed by atoms with van der Waals surface area (Å²) in [5, 5.41) is 9.02. The van der Waals surface area contributed by atoms with Crippen LogP contribution in [-0.2, 0) is 9.53 Å². The van der Waals surface area contributed by atoms with Crippen molar-refractivity contribution in [2.75, 3.05) is 26.8 Å². The van der Waals surface area contributed by atoms with E-state index in [4.69, 9.17) is 17.0 Å². The van der Waals surface area contributed by atoms with E-state index < -0.39 is 0 Å². The van der Waals surface area contributed by atoms with Crippen LogP contribution in [0.1, 0.15) is 20.8 Å². The standard InChI is InChI=1S/C10H21N3O2S/c1-10(2,3)13-8(14)7-12-9(16)11-5-6-15-4/h5-7H2,1-4H3,(H,13,14)(H2,11,12,16). The van der Waals surface area contributed by atoms with Gasteiger partial charge in [-0.15, -0.1) is 0 Å². The molecule has 0 unspecified atom stereocenters. The normalized spacial score (nSPS) is 10.8. The van der Waals surface area contributed by atoms with Crippen LogP contribution in [0.3, 0.4) is 0 Å². The van der Waals surface area contributed by atoms with E-state index in [2.05, 4.69) is 16.0 Å². The van der Waals surface area contributed by atoms with Crippen LogP contribution in [0.2, 0.25) is 0 Å². The molecule has 0 saturated carbocycles. The van der Waals surface area contributed by atoms with Crippen LogP contribution in [0.4, 0.5) is 0 Å². The molecule has 94 valence electrons. The van der Waals surface area contributed by atoms with Gasteiger partial charge in [0.1, 0.15) is 0 Å². The topological polar surface area (TPSA) is 62.4 Å². The minimum Gasteiger partial charge on any atom is -0.383 e. The Hall–Kier alpha value is -0.880. The summed E-state index contributed by atoms with van der Waals surface area (Å²) in [6.07, 6.45) is 0. The summed E-state index contributed by atoms with van der Waals surface area (Å²) in [4.78, 5) is 11.4. The third kappa shape index (κ3) is 9.67. The van der Waals surface area contributed by atoms with E-state index in [-0.39, 0.29) is 18.0 Å². The monoisotopic (exact) mass is 247 g/mol. The van der Waals surface area contributed by atoms with Crippen molar-refractivity contribution in [1.82, 2.24) is 16.0 Å². The molecule has 0 fully saturated rings. The van der Waals surface area contributed by atoms with Crippen LogP contribution < -0.4 is 16.0 Å². The molecular weight excluding hydrogens is 226 g/mol. The smallest absolute Gasteiger partial charge is 0.239 e. The SMILES string of the molecule is COCCNC(=S)NCC(=O)NC(C)(C)C. The maximum atomic E-state index is 11.4. The molecule has 0 bridgehead atoms. The number of carbonyl (C=O) groups excluding carboxylic acids is 1. The zero-order valence-electron chi connectivity index (χ0n) is 10.3. The lowest BCUT2D eigenvalue weighted by Crippen LogP contribution is -2.47. The first kappa shape index (κ1) is 15.1. The molecule has 3 N–H and O–H groups in total. The number of nitrogens with one attached hydrogen (secondary N) is 3. The Labute approximate surface area is 102 Å². The second kappa shape index (κ2) is 7.40. The van der Waals surface area contributed by atoms with Crippen LogP contribution >= 0.6 is 12.2 Å². The molecule has 16 heavy (non-hydrogen) atoms. The number of rotatable bonds is 5. The number of ether oxygens (including phenoxy) is 1. The number of thiocarbonyl (C=S) groups is 1. The number of hydrogen-bond donors (Lipinski definition) is 3. The second-order valence-corrected chi connectivity index (χ2v) is 4.81. The number of amides is 1. The predicted octanol–water partition coefficient (Wildman–Crippen LogP) is 0.0116. The average molecular weight is 247 g/mol. The van der Waals surface area contributed by atoms with Crippen LogP contribution in [0.5, 0.6) is 0 Å². The maximum absolute atomic E-state index is 11.4. The highest BCUT2D eigenvalue weighted by Gasteiger charge is 2.13. The van der Waals surface area contributed by atoms with E-state index >= 15 is 0 Å². The van der Waals surface area contributed by atoms with E-state index in [0.717, 1.165) is 0 Å². The van der Waals surface area contributed by atoms with Gasteiger partial charge in [-0.05, 0) is 33.0 Å². The van der Waals surface area contributed by atoms with Gasteiger partial charge >= 0.3 is 0 Å². The van der Waals surface area contributed by atoms with Crippen molar-refractivity contribution in [1.29, 1.82) is 0 Å². The third-order valence-corrected chi connectivity index (χ3v) is 1.80. The molecule has 1 amide bonds. The zero-order valence-corrected chi connectivity index (χ0v) is 11.2. The van der Waals surface area contributed by atoms with Crippen molar-refractivity contribution >= 4 is 23.2 Å². The zero-order chi connectivity index (χ0) is 12.6. The highest BCUT2D eigenvalue weighted by molar-refractivity contribution is 7.80. The molecule has 0 atom stereocenters. The lowest BCUT2D eigenvalue weighted by Gasteiger charge is -2.20. The van der Waals surface area contributed by atoms with Crippen molar-refractivity contribution in [2.45, 2.75) is 26.3 Å². The van der Waals surface area contributed by atoms with Gasteiger partial charge in [0.05, 0.1) is 13.2 Å². The van der Waals surface area contributed by atoms with Gasteiger partial charge in [0, 0.05) is 19.2 Å². The summed E-state index contributed by atoms with van der Waals surface area (Å²) in [5.41, 5.74) is -0.218. The number of hydrogen-bond acceptors (Lipinski definition) is 3. The molecule has 0 heterocycles. The minimum atomic E-state index is -0.218. The fourth-order valence-corrected chi connectivity index (χ4v) is 1.13. The first-order valence-electron chi connectivity index (χ1n) is 5.17. The summed E-state index contributed by atoms with van der Waals surface area (Å²) >= 11 is 4.97. The lowest BCUT2D eigenvalue weighted by molar-refractivity contribution is -0.121. The van der Waals surface area contributed by atoms with Gasteiger partial charge in [0.25, 0.3) is 0 Å². The Morgan fingerprint density at radius 1 is 1.31 bits per heavy atom. The average Bonchev–Trinajstić information content (AvgIpc) is 2.12. The molecule has 0 aromatic carbocycles. The van der Waals surface area contributed by atoms with Crippen LogP contribution in [0.15, 0.2) is 0 Å². The Kier molecular flexibility index (Phi) is 7.00. The molecule has 0 rings (SSSR count). The van der Waals surface area contributed by atoms with Crippen LogP contribution in [0.25, 0.3) is 0 Å². The highest BCUT2D eigenvalue weighted by atomic mass is 32.1. The molecule has 0 aliphatic rings. The molecular formula is C10H21N3O2S. The van der Waals surface area contributed by atoms with E-state index in [0.29, 0.717) is 18.3 Å². The van der Waals surface area contributed by atoms with Gasteiger partial charge < -0.3 is 20.7 Å². The van der Waals surface area contributed by atoms with Crippen molar-refractivity contribution < 1.29 is 9.53 Å². The molecule has 0 aromatic heterocycles. The summed E-state index contributed by atoms with van der Waals surface area (Å²) < 4.78 is 4.85. The fourth-order valence-electron chi connectivity index (χ4n) is 0.952. The maximum Gasteiger partial charge on any atom is 0.239 e. The fraction of sp³-hybridized carbons (Fsp3) is 0.800. The minimum absolute atomic E-state index is 0.0802. The third-order valence-electron chi connectivity index (χ3n) is 1.52. The Morgan fingerprint density at radius 2 is 1.94 bits per heavy atom. The second-order valence-electron chi connectivity index (χ2n) is 4.40. The van der Waals surface area contributed by atoms with Gasteiger partial charge in [-0.3, -0.25) is 4.79 Å². The summed E-state index contributed by atoms with van der Waals surface area (Å²) in [6, 6.07) is 0. The highest BCUT2D eigenvalue weighted by Crippen LogP contribution is 1.96. The van der Waals surface area contributed by atoms with Gasteiger partial charge in [-0.2, -0.15) is 0 Å². The first-order valence-corrected chi connectivity index (χ1v) is 5.57. The van der Waals surface area contributed by atoms with Crippen molar-refractivity contribution in [3.8, 4) is 0 Å². The van der Waals surface area contributed by atoms with E-state index in [1.165, 1.54) is 0 Å². The molecule has 0 spiro atoms. The quantitative estimate of drug-likeness (QED) is 0.472. The Bertz CT molecular complexity index is 239. The largest absolute Gasteiger partial charge is 0.383 e. The van der Waals surface area contributed by atoms with Gasteiger partial charge in [-0.25, -0.2) is 0 Å². The molecule has 0 radical (unpaired) electrons. The van der Waals surface area contributed by atoms with Crippen LogP contribution in [0, 0.1) is 0 Å². The van der Waals surface area contributed by atoms with Gasteiger partial charge in [-0.1, -0.05) is 0 Å². The Balaban J connectivity index is 3.63. The summed E-state index contributed by atoms with van der Waals surface area (Å²) in [7, 11) is 1.62. The lowest BCUT2D eigenvalue weighted by atomic mass is 10.1. The van der Waals surface area contributed by atoms with E-state index in [9.17, 15) is 4.79 Å². The van der Waals surface area contributed by atoms with Crippen molar-refractivity contribution in [2.24, 2.45) is 0 Å². The molecule has 6 heteroatoms. The number of carbonyl (C=O) groups is 1. The van der Waals surface area contributed by atoms with Gasteiger partial charge in [0.2, 0.25) is 5.91 Å². The first-order chi connectivity index (χ1) is 7.35. The van der Waals surface area contributed by atoms with Crippen LogP contribution in [-0.4, -0.2) is 43.4 Å². The van der Waals surface area contributed by atoms with E-state index in [1.807, 2.05) is 20.8 Å². The van der Waals surface area contributed by atoms with E-state index in [1.54, 1.807) is 7.11 Å². The summed E-state index contributed by atoms with van der Waals surface area (Å²) in [6.45, 7) is 7.18. The van der Waals surface area contributed by atoms with Gasteiger partial charge in [0.15, 0.2) is 5.11 Å². The molecule has 0 aliphatic carbocycles. The molecule has 0 aliphatic heterocycles. The molecule has 0 aromatic rings. The number of methoxy groups -OCH3 is 1. The molecule has 0 saturated heterocycles. The molecule has 5 nitrogen and oxygen atoms in total. The Morgan fingerprint density at radius 3 is 2.44 bits per heavy atom.